The van der Waals surface area contributed by atoms with Gasteiger partial charge < -0.3 is 14.9 Å². The standard InChI is InChI=1S/C15H16O4S/c1-2-8-19-11-5-3-10(4-6-11)13(16)14-12(15(17)18)7-9-20-14/h3-7,9,13,16H,2,8H2,1H3,(H,17,18). The largest absolute Gasteiger partial charge is 0.494 e. The molecular formula is C15H16O4S. The van der Waals surface area contributed by atoms with Gasteiger partial charge in [0.2, 0.25) is 0 Å². The van der Waals surface area contributed by atoms with Crippen molar-refractivity contribution in [3.8, 4) is 5.75 Å². The van der Waals surface area contributed by atoms with Crippen LogP contribution in [0.1, 0.15) is 40.2 Å². The van der Waals surface area contributed by atoms with Crippen molar-refractivity contribution in [3.63, 3.8) is 0 Å². The predicted molar refractivity (Wildman–Crippen MR) is 77.6 cm³/mol. The molecule has 20 heavy (non-hydrogen) atoms. The molecule has 0 saturated carbocycles. The molecule has 1 heterocycles. The number of rotatable bonds is 6. The minimum absolute atomic E-state index is 0.147. The fourth-order valence-corrected chi connectivity index (χ4v) is 2.73. The molecule has 0 bridgehead atoms. The van der Waals surface area contributed by atoms with E-state index in [2.05, 4.69) is 0 Å². The lowest BCUT2D eigenvalue weighted by molar-refractivity contribution is 0.0692. The van der Waals surface area contributed by atoms with Gasteiger partial charge in [-0.15, -0.1) is 11.3 Å². The second-order valence-corrected chi connectivity index (χ2v) is 5.27. The van der Waals surface area contributed by atoms with E-state index < -0.39 is 12.1 Å². The van der Waals surface area contributed by atoms with Crippen LogP contribution in [0.2, 0.25) is 0 Å². The molecule has 0 aliphatic rings. The number of benzene rings is 1. The smallest absolute Gasteiger partial charge is 0.336 e. The first-order chi connectivity index (χ1) is 9.63. The fraction of sp³-hybridized carbons (Fsp3) is 0.267. The maximum Gasteiger partial charge on any atom is 0.336 e. The van der Waals surface area contributed by atoms with Gasteiger partial charge in [-0.2, -0.15) is 0 Å². The average Bonchev–Trinajstić information content (AvgIpc) is 2.94. The molecular weight excluding hydrogens is 276 g/mol. The van der Waals surface area contributed by atoms with Crippen LogP contribution in [0, 0.1) is 0 Å². The molecule has 1 aromatic heterocycles. The molecule has 0 saturated heterocycles. The number of aliphatic hydroxyl groups excluding tert-OH is 1. The van der Waals surface area contributed by atoms with Crippen molar-refractivity contribution >= 4 is 17.3 Å². The summed E-state index contributed by atoms with van der Waals surface area (Å²) < 4.78 is 5.47. The third kappa shape index (κ3) is 3.18. The number of carbonyl (C=O) groups is 1. The molecule has 2 aromatic rings. The van der Waals surface area contributed by atoms with Gasteiger partial charge in [0.05, 0.1) is 17.0 Å². The van der Waals surface area contributed by atoms with Gasteiger partial charge >= 0.3 is 5.97 Å². The zero-order chi connectivity index (χ0) is 14.5. The van der Waals surface area contributed by atoms with Crippen molar-refractivity contribution < 1.29 is 19.7 Å². The Hall–Kier alpha value is -1.85. The molecule has 0 amide bonds. The van der Waals surface area contributed by atoms with Crippen LogP contribution in [0.3, 0.4) is 0 Å². The van der Waals surface area contributed by atoms with E-state index in [0.29, 0.717) is 17.0 Å². The van der Waals surface area contributed by atoms with Crippen LogP contribution < -0.4 is 4.74 Å². The second kappa shape index (κ2) is 6.54. The topological polar surface area (TPSA) is 66.8 Å². The minimum Gasteiger partial charge on any atom is -0.494 e. The molecule has 0 aliphatic carbocycles. The van der Waals surface area contributed by atoms with E-state index in [-0.39, 0.29) is 5.56 Å². The number of aromatic carboxylic acids is 1. The highest BCUT2D eigenvalue weighted by molar-refractivity contribution is 7.10. The number of ether oxygens (including phenoxy) is 1. The molecule has 1 aromatic carbocycles. The van der Waals surface area contributed by atoms with E-state index in [1.54, 1.807) is 29.6 Å². The Bertz CT molecular complexity index is 574. The third-order valence-corrected chi connectivity index (χ3v) is 3.81. The average molecular weight is 292 g/mol. The molecule has 0 spiro atoms. The van der Waals surface area contributed by atoms with Crippen LogP contribution in [-0.4, -0.2) is 22.8 Å². The number of hydrogen-bond donors (Lipinski definition) is 2. The quantitative estimate of drug-likeness (QED) is 0.857. The van der Waals surface area contributed by atoms with Crippen molar-refractivity contribution in [1.29, 1.82) is 0 Å². The predicted octanol–water partition coefficient (Wildman–Crippen LogP) is 3.32. The summed E-state index contributed by atoms with van der Waals surface area (Å²) in [6.07, 6.45) is 0.00276. The van der Waals surface area contributed by atoms with Gasteiger partial charge in [-0.05, 0) is 35.6 Å². The summed E-state index contributed by atoms with van der Waals surface area (Å²) in [6, 6.07) is 8.57. The number of hydrogen-bond acceptors (Lipinski definition) is 4. The lowest BCUT2D eigenvalue weighted by Crippen LogP contribution is -2.05. The molecule has 5 heteroatoms. The van der Waals surface area contributed by atoms with E-state index in [0.717, 1.165) is 12.2 Å². The molecule has 1 atom stereocenters. The van der Waals surface area contributed by atoms with Gasteiger partial charge in [0.1, 0.15) is 11.9 Å². The molecule has 0 aliphatic heterocycles. The Kier molecular flexibility index (Phi) is 4.76. The minimum atomic E-state index is -1.02. The summed E-state index contributed by atoms with van der Waals surface area (Å²) in [4.78, 5) is 11.5. The zero-order valence-corrected chi connectivity index (χ0v) is 11.9. The van der Waals surface area contributed by atoms with Crippen molar-refractivity contribution in [2.45, 2.75) is 19.4 Å². The van der Waals surface area contributed by atoms with Crippen LogP contribution in [0.25, 0.3) is 0 Å². The first-order valence-electron chi connectivity index (χ1n) is 6.35. The Morgan fingerprint density at radius 1 is 1.30 bits per heavy atom. The molecule has 106 valence electrons. The van der Waals surface area contributed by atoms with Gasteiger partial charge in [-0.3, -0.25) is 0 Å². The fourth-order valence-electron chi connectivity index (χ4n) is 1.83. The normalized spacial score (nSPS) is 12.1. The van der Waals surface area contributed by atoms with Crippen LogP contribution >= 0.6 is 11.3 Å². The second-order valence-electron chi connectivity index (χ2n) is 4.32. The van der Waals surface area contributed by atoms with Crippen molar-refractivity contribution in [2.24, 2.45) is 0 Å². The molecule has 2 N–H and O–H groups in total. The summed E-state index contributed by atoms with van der Waals surface area (Å²) in [7, 11) is 0. The SMILES string of the molecule is CCCOc1ccc(C(O)c2sccc2C(=O)O)cc1. The molecule has 1 unspecified atom stereocenters. The molecule has 0 radical (unpaired) electrons. The number of thiophene rings is 1. The monoisotopic (exact) mass is 292 g/mol. The lowest BCUT2D eigenvalue weighted by Gasteiger charge is -2.11. The van der Waals surface area contributed by atoms with Gasteiger partial charge in [-0.25, -0.2) is 4.79 Å². The van der Waals surface area contributed by atoms with Crippen molar-refractivity contribution in [3.05, 3.63) is 51.7 Å². The third-order valence-electron chi connectivity index (χ3n) is 2.84. The molecule has 4 nitrogen and oxygen atoms in total. The summed E-state index contributed by atoms with van der Waals surface area (Å²) >= 11 is 1.24. The summed E-state index contributed by atoms with van der Waals surface area (Å²) in [5, 5.41) is 21.0. The van der Waals surface area contributed by atoms with Crippen LogP contribution in [0.5, 0.6) is 5.75 Å². The summed E-state index contributed by atoms with van der Waals surface area (Å²) in [6.45, 7) is 2.68. The number of aliphatic hydroxyl groups is 1. The molecule has 2 rings (SSSR count). The summed E-state index contributed by atoms with van der Waals surface area (Å²) in [5.41, 5.74) is 0.799. The van der Waals surface area contributed by atoms with Crippen molar-refractivity contribution in [2.75, 3.05) is 6.61 Å². The highest BCUT2D eigenvalue weighted by Crippen LogP contribution is 2.30. The summed E-state index contributed by atoms with van der Waals surface area (Å²) in [5.74, 6) is -0.282. The van der Waals surface area contributed by atoms with Gasteiger partial charge in [0.15, 0.2) is 0 Å². The highest BCUT2D eigenvalue weighted by Gasteiger charge is 2.20. The van der Waals surface area contributed by atoms with Gasteiger partial charge in [0, 0.05) is 0 Å². The highest BCUT2D eigenvalue weighted by atomic mass is 32.1. The maximum absolute atomic E-state index is 11.1. The van der Waals surface area contributed by atoms with Gasteiger partial charge in [0.25, 0.3) is 0 Å². The maximum atomic E-state index is 11.1. The van der Waals surface area contributed by atoms with Gasteiger partial charge in [-0.1, -0.05) is 19.1 Å². The van der Waals surface area contributed by atoms with E-state index in [1.165, 1.54) is 17.4 Å². The van der Waals surface area contributed by atoms with Crippen LogP contribution in [0.15, 0.2) is 35.7 Å². The molecule has 0 fully saturated rings. The lowest BCUT2D eigenvalue weighted by atomic mass is 10.1. The first-order valence-corrected chi connectivity index (χ1v) is 7.23. The zero-order valence-electron chi connectivity index (χ0n) is 11.1. The van der Waals surface area contributed by atoms with Crippen LogP contribution in [-0.2, 0) is 0 Å². The Morgan fingerprint density at radius 3 is 2.60 bits per heavy atom. The van der Waals surface area contributed by atoms with E-state index >= 15 is 0 Å². The van der Waals surface area contributed by atoms with E-state index in [9.17, 15) is 9.90 Å². The first kappa shape index (κ1) is 14.6. The Balaban J connectivity index is 2.18. The number of carboxylic acid groups (broad SMARTS) is 1. The van der Waals surface area contributed by atoms with Crippen molar-refractivity contribution in [1.82, 2.24) is 0 Å². The van der Waals surface area contributed by atoms with Crippen LogP contribution in [0.4, 0.5) is 0 Å². The Labute approximate surface area is 121 Å². The van der Waals surface area contributed by atoms with E-state index in [1.807, 2.05) is 6.92 Å². The Morgan fingerprint density at radius 2 is 2.00 bits per heavy atom. The van der Waals surface area contributed by atoms with E-state index in [4.69, 9.17) is 9.84 Å². The number of carboxylic acids is 1.